The molecule has 1 fully saturated rings. The zero-order valence-corrected chi connectivity index (χ0v) is 15.8. The summed E-state index contributed by atoms with van der Waals surface area (Å²) in [6.45, 7) is 8.44. The van der Waals surface area contributed by atoms with Crippen LogP contribution in [0, 0.1) is 13.8 Å². The van der Waals surface area contributed by atoms with Crippen molar-refractivity contribution in [2.45, 2.75) is 44.6 Å². The number of aryl methyl sites for hydroxylation is 2. The first-order valence-electron chi connectivity index (χ1n) is 7.81. The third-order valence-electron chi connectivity index (χ3n) is 3.87. The number of hydrogen-bond donors (Lipinski definition) is 0. The minimum atomic E-state index is -3.55. The highest BCUT2D eigenvalue weighted by molar-refractivity contribution is 7.89. The van der Waals surface area contributed by atoms with Crippen LogP contribution in [0.25, 0.3) is 0 Å². The van der Waals surface area contributed by atoms with E-state index < -0.39 is 16.1 Å². The zero-order valence-electron chi connectivity index (χ0n) is 14.1. The second-order valence-corrected chi connectivity index (χ2v) is 9.50. The molecule has 132 valence electrons. The largest absolute Gasteiger partial charge is 0.422 e. The maximum Gasteiger partial charge on any atom is 0.246 e. The predicted molar refractivity (Wildman–Crippen MR) is 89.6 cm³/mol. The maximum absolute atomic E-state index is 12.9. The van der Waals surface area contributed by atoms with Gasteiger partial charge in [0.25, 0.3) is 0 Å². The molecule has 0 radical (unpaired) electrons. The number of ether oxygens (including phenoxy) is 1. The van der Waals surface area contributed by atoms with Gasteiger partial charge in [0.05, 0.1) is 11.5 Å². The van der Waals surface area contributed by atoms with Crippen molar-refractivity contribution in [1.82, 2.24) is 14.5 Å². The van der Waals surface area contributed by atoms with E-state index in [4.69, 9.17) is 9.15 Å². The summed E-state index contributed by atoms with van der Waals surface area (Å²) >= 11 is 1.49. The maximum atomic E-state index is 12.9. The first kappa shape index (κ1) is 17.5. The van der Waals surface area contributed by atoms with Gasteiger partial charge in [-0.1, -0.05) is 13.8 Å². The lowest BCUT2D eigenvalue weighted by atomic mass is 10.2. The molecule has 0 amide bonds. The van der Waals surface area contributed by atoms with Crippen LogP contribution in [0.2, 0.25) is 0 Å². The monoisotopic (exact) mass is 371 g/mol. The average Bonchev–Trinajstić information content (AvgIpc) is 3.14. The second-order valence-electron chi connectivity index (χ2n) is 6.13. The quantitative estimate of drug-likeness (QED) is 0.821. The van der Waals surface area contributed by atoms with Gasteiger partial charge in [0.15, 0.2) is 0 Å². The topological polar surface area (TPSA) is 85.5 Å². The molecule has 1 saturated heterocycles. The Hall–Kier alpha value is -1.29. The first-order chi connectivity index (χ1) is 11.3. The molecule has 1 aliphatic rings. The molecule has 2 aromatic rings. The molecule has 7 nitrogen and oxygen atoms in total. The van der Waals surface area contributed by atoms with Crippen LogP contribution in [0.1, 0.15) is 47.4 Å². The highest BCUT2D eigenvalue weighted by Crippen LogP contribution is 2.31. The van der Waals surface area contributed by atoms with E-state index in [1.807, 2.05) is 27.7 Å². The lowest BCUT2D eigenvalue weighted by Gasteiger charge is -2.30. The van der Waals surface area contributed by atoms with Crippen LogP contribution in [-0.2, 0) is 14.8 Å². The summed E-state index contributed by atoms with van der Waals surface area (Å²) in [6.07, 6.45) is -0.534. The lowest BCUT2D eigenvalue weighted by molar-refractivity contribution is -0.0179. The molecule has 1 aliphatic heterocycles. The van der Waals surface area contributed by atoms with Crippen LogP contribution in [0.3, 0.4) is 0 Å². The molecule has 2 aromatic heterocycles. The molecule has 3 heterocycles. The molecular formula is C15H21N3O4S2. The van der Waals surface area contributed by atoms with Gasteiger partial charge in [-0.3, -0.25) is 0 Å². The molecule has 9 heteroatoms. The number of aromatic nitrogens is 2. The number of thiophene rings is 1. The van der Waals surface area contributed by atoms with Crippen LogP contribution in [0.5, 0.6) is 0 Å². The summed E-state index contributed by atoms with van der Waals surface area (Å²) in [5.74, 6) is 0.973. The van der Waals surface area contributed by atoms with E-state index in [-0.39, 0.29) is 12.5 Å². The van der Waals surface area contributed by atoms with Crippen molar-refractivity contribution < 1.29 is 17.6 Å². The molecule has 24 heavy (non-hydrogen) atoms. The van der Waals surface area contributed by atoms with E-state index in [0.717, 1.165) is 9.75 Å². The third-order valence-corrected chi connectivity index (χ3v) is 6.95. The van der Waals surface area contributed by atoms with Crippen molar-refractivity contribution in [3.63, 3.8) is 0 Å². The normalized spacial score (nSPS) is 20.0. The van der Waals surface area contributed by atoms with Gasteiger partial charge in [0, 0.05) is 28.8 Å². The molecule has 0 aliphatic carbocycles. The van der Waals surface area contributed by atoms with Crippen molar-refractivity contribution in [3.05, 3.63) is 27.6 Å². The van der Waals surface area contributed by atoms with E-state index in [0.29, 0.717) is 29.8 Å². The Morgan fingerprint density at radius 1 is 1.33 bits per heavy atom. The van der Waals surface area contributed by atoms with Gasteiger partial charge in [-0.2, -0.15) is 4.31 Å². The summed E-state index contributed by atoms with van der Waals surface area (Å²) in [5, 5.41) is 8.00. The van der Waals surface area contributed by atoms with E-state index in [1.54, 1.807) is 6.07 Å². The van der Waals surface area contributed by atoms with Gasteiger partial charge in [-0.05, 0) is 19.9 Å². The Bertz CT molecular complexity index is 826. The van der Waals surface area contributed by atoms with E-state index in [9.17, 15) is 8.42 Å². The van der Waals surface area contributed by atoms with Gasteiger partial charge in [0.1, 0.15) is 6.10 Å². The summed E-state index contributed by atoms with van der Waals surface area (Å²) in [6, 6.07) is 1.73. The van der Waals surface area contributed by atoms with Crippen LogP contribution in [-0.4, -0.2) is 42.6 Å². The van der Waals surface area contributed by atoms with Crippen molar-refractivity contribution in [2.75, 3.05) is 19.7 Å². The molecule has 0 unspecified atom stereocenters. The minimum absolute atomic E-state index is 0.117. The van der Waals surface area contributed by atoms with E-state index >= 15 is 0 Å². The Labute approximate surface area is 145 Å². The standard InChI is InChI=1S/C15H21N3O4S2/c1-9(2)14-16-17-15(22-14)12-8-18(5-6-21-12)24(19,20)13-7-10(3)23-11(13)4/h7,9,12H,5-6,8H2,1-4H3/t12-/m1/s1. The molecule has 0 N–H and O–H groups in total. The summed E-state index contributed by atoms with van der Waals surface area (Å²) in [7, 11) is -3.55. The van der Waals surface area contributed by atoms with E-state index in [2.05, 4.69) is 10.2 Å². The molecule has 1 atom stereocenters. The molecule has 3 rings (SSSR count). The smallest absolute Gasteiger partial charge is 0.246 e. The molecule has 0 bridgehead atoms. The van der Waals surface area contributed by atoms with Gasteiger partial charge >= 0.3 is 0 Å². The lowest BCUT2D eigenvalue weighted by Crippen LogP contribution is -2.42. The fourth-order valence-electron chi connectivity index (χ4n) is 2.61. The second kappa shape index (κ2) is 6.55. The Morgan fingerprint density at radius 2 is 2.08 bits per heavy atom. The van der Waals surface area contributed by atoms with Crippen molar-refractivity contribution in [1.29, 1.82) is 0 Å². The molecule has 0 saturated carbocycles. The number of hydrogen-bond acceptors (Lipinski definition) is 7. The highest BCUT2D eigenvalue weighted by Gasteiger charge is 2.35. The average molecular weight is 371 g/mol. The molecule has 0 aromatic carbocycles. The Kier molecular flexibility index (Phi) is 4.78. The third kappa shape index (κ3) is 3.26. The van der Waals surface area contributed by atoms with Crippen LogP contribution in [0.4, 0.5) is 0 Å². The van der Waals surface area contributed by atoms with Gasteiger partial charge in [-0.15, -0.1) is 21.5 Å². The number of morpholine rings is 1. The summed E-state index contributed by atoms with van der Waals surface area (Å²) < 4.78 is 38.6. The Morgan fingerprint density at radius 3 is 2.67 bits per heavy atom. The van der Waals surface area contributed by atoms with Gasteiger partial charge in [0.2, 0.25) is 21.8 Å². The molecular weight excluding hydrogens is 350 g/mol. The van der Waals surface area contributed by atoms with Crippen LogP contribution in [0.15, 0.2) is 15.4 Å². The van der Waals surface area contributed by atoms with Crippen LogP contribution < -0.4 is 0 Å². The van der Waals surface area contributed by atoms with Gasteiger partial charge < -0.3 is 9.15 Å². The van der Waals surface area contributed by atoms with Crippen molar-refractivity contribution in [2.24, 2.45) is 0 Å². The Balaban J connectivity index is 1.83. The fraction of sp³-hybridized carbons (Fsp3) is 0.600. The minimum Gasteiger partial charge on any atom is -0.422 e. The van der Waals surface area contributed by atoms with E-state index in [1.165, 1.54) is 15.6 Å². The van der Waals surface area contributed by atoms with Gasteiger partial charge in [-0.25, -0.2) is 8.42 Å². The van der Waals surface area contributed by atoms with Crippen molar-refractivity contribution in [3.8, 4) is 0 Å². The fourth-order valence-corrected chi connectivity index (χ4v) is 5.55. The first-order valence-corrected chi connectivity index (χ1v) is 10.1. The summed E-state index contributed by atoms with van der Waals surface area (Å²) in [4.78, 5) is 2.16. The number of sulfonamides is 1. The zero-order chi connectivity index (χ0) is 17.5. The number of rotatable bonds is 4. The summed E-state index contributed by atoms with van der Waals surface area (Å²) in [5.41, 5.74) is 0. The molecule has 0 spiro atoms. The number of nitrogens with zero attached hydrogens (tertiary/aromatic N) is 3. The van der Waals surface area contributed by atoms with Crippen molar-refractivity contribution >= 4 is 21.4 Å². The van der Waals surface area contributed by atoms with Crippen LogP contribution >= 0.6 is 11.3 Å². The predicted octanol–water partition coefficient (Wildman–Crippen LogP) is 2.63. The highest BCUT2D eigenvalue weighted by atomic mass is 32.2. The SMILES string of the molecule is Cc1cc(S(=O)(=O)N2CCO[C@@H](c3nnc(C(C)C)o3)C2)c(C)s1.